The molecule has 5 atom stereocenters. The van der Waals surface area contributed by atoms with Gasteiger partial charge in [-0.3, -0.25) is 9.59 Å². The van der Waals surface area contributed by atoms with Gasteiger partial charge in [0.25, 0.3) is 5.91 Å². The molecule has 230 valence electrons. The molecule has 0 bridgehead atoms. The Morgan fingerprint density at radius 2 is 1.60 bits per heavy atom. The molecule has 0 heterocycles. The highest BCUT2D eigenvalue weighted by atomic mass is 32.2. The molecule has 0 saturated heterocycles. The van der Waals surface area contributed by atoms with Crippen molar-refractivity contribution in [3.05, 3.63) is 101 Å². The number of carbonyl (C=O) groups is 2. The van der Waals surface area contributed by atoms with E-state index >= 15 is 0 Å². The fraction of sp³-hybridized carbons (Fsp3) is 0.412. The third-order valence-electron chi connectivity index (χ3n) is 7.79. The lowest BCUT2D eigenvalue weighted by Gasteiger charge is -2.24. The van der Waals surface area contributed by atoms with Gasteiger partial charge in [-0.25, -0.2) is 8.93 Å². The van der Waals surface area contributed by atoms with Crippen LogP contribution >= 0.6 is 0 Å². The SMILES string of the molecule is CCCN(CCC)C(=O)c1ccc(S(=O)NCC(O)CC(Cc2ccccc2)C(=O)NC2c3ccccc3CC2O)cc1. The topological polar surface area (TPSA) is 119 Å². The van der Waals surface area contributed by atoms with Gasteiger partial charge in [0, 0.05) is 37.5 Å². The van der Waals surface area contributed by atoms with Crippen LogP contribution in [0, 0.1) is 5.92 Å². The lowest BCUT2D eigenvalue weighted by molar-refractivity contribution is -0.127. The summed E-state index contributed by atoms with van der Waals surface area (Å²) in [6.07, 6.45) is 1.15. The number of hydrogen-bond donors (Lipinski definition) is 4. The van der Waals surface area contributed by atoms with Crippen LogP contribution in [-0.2, 0) is 28.6 Å². The molecular formula is C34H43N3O5S. The Hall–Kier alpha value is -3.37. The van der Waals surface area contributed by atoms with E-state index in [9.17, 15) is 24.0 Å². The van der Waals surface area contributed by atoms with E-state index in [1.165, 1.54) is 0 Å². The normalized spacial score (nSPS) is 18.0. The molecule has 8 nitrogen and oxygen atoms in total. The molecule has 0 aromatic heterocycles. The van der Waals surface area contributed by atoms with Gasteiger partial charge in [-0.1, -0.05) is 68.4 Å². The van der Waals surface area contributed by atoms with Crippen LogP contribution in [-0.4, -0.2) is 63.0 Å². The first kappa shape index (κ1) is 32.5. The number of aliphatic hydroxyl groups excluding tert-OH is 2. The van der Waals surface area contributed by atoms with Crippen LogP contribution in [0.15, 0.2) is 83.8 Å². The van der Waals surface area contributed by atoms with Crippen LogP contribution in [0.5, 0.6) is 0 Å². The number of benzene rings is 3. The molecule has 0 spiro atoms. The number of nitrogens with zero attached hydrogens (tertiary/aromatic N) is 1. The predicted octanol–water partition coefficient (Wildman–Crippen LogP) is 3.95. The van der Waals surface area contributed by atoms with Crippen LogP contribution < -0.4 is 10.0 Å². The quantitative estimate of drug-likeness (QED) is 0.209. The van der Waals surface area contributed by atoms with Crippen LogP contribution in [0.25, 0.3) is 0 Å². The molecule has 9 heteroatoms. The van der Waals surface area contributed by atoms with Gasteiger partial charge in [-0.2, -0.15) is 0 Å². The summed E-state index contributed by atoms with van der Waals surface area (Å²) >= 11 is 0. The van der Waals surface area contributed by atoms with Crippen LogP contribution in [0.4, 0.5) is 0 Å². The number of fused-ring (bicyclic) bond motifs is 1. The van der Waals surface area contributed by atoms with E-state index in [1.54, 1.807) is 24.3 Å². The zero-order chi connectivity index (χ0) is 30.8. The highest BCUT2D eigenvalue weighted by Crippen LogP contribution is 2.32. The van der Waals surface area contributed by atoms with Crippen molar-refractivity contribution in [1.82, 2.24) is 14.9 Å². The molecule has 3 aromatic rings. The second-order valence-corrected chi connectivity index (χ2v) is 12.5. The van der Waals surface area contributed by atoms with E-state index in [4.69, 9.17) is 0 Å². The standard InChI is InChI=1S/C34H43N3O5S/c1-3-18-37(19-4-2)34(41)25-14-16-29(17-15-25)43(42)35-23-28(38)21-27(20-24-10-6-5-7-11-24)33(40)36-32-30-13-9-8-12-26(30)22-31(32)39/h5-17,27-28,31-32,35,38-39H,3-4,18-23H2,1-2H3,(H,36,40). The average Bonchev–Trinajstić information content (AvgIpc) is 3.34. The van der Waals surface area contributed by atoms with Gasteiger partial charge in [-0.15, -0.1) is 0 Å². The Bertz CT molecular complexity index is 1360. The van der Waals surface area contributed by atoms with E-state index in [2.05, 4.69) is 10.0 Å². The summed E-state index contributed by atoms with van der Waals surface area (Å²) in [7, 11) is -1.61. The maximum Gasteiger partial charge on any atom is 0.253 e. The van der Waals surface area contributed by atoms with Crippen molar-refractivity contribution in [2.45, 2.75) is 69.1 Å². The Kier molecular flexibility index (Phi) is 12.0. The lowest BCUT2D eigenvalue weighted by Crippen LogP contribution is -2.40. The first-order valence-corrected chi connectivity index (χ1v) is 16.3. The van der Waals surface area contributed by atoms with Gasteiger partial charge in [-0.05, 0) is 66.6 Å². The van der Waals surface area contributed by atoms with Crippen molar-refractivity contribution in [2.24, 2.45) is 5.92 Å². The smallest absolute Gasteiger partial charge is 0.253 e. The number of rotatable bonds is 15. The largest absolute Gasteiger partial charge is 0.392 e. The molecule has 0 fully saturated rings. The minimum atomic E-state index is -1.61. The number of aliphatic hydroxyl groups is 2. The maximum absolute atomic E-state index is 13.5. The second kappa shape index (κ2) is 15.9. The first-order valence-electron chi connectivity index (χ1n) is 15.1. The Labute approximate surface area is 257 Å². The van der Waals surface area contributed by atoms with E-state index in [0.29, 0.717) is 36.4 Å². The molecular weight excluding hydrogens is 562 g/mol. The molecule has 3 aromatic carbocycles. The molecule has 4 N–H and O–H groups in total. The van der Waals surface area contributed by atoms with E-state index in [0.717, 1.165) is 29.5 Å². The number of carbonyl (C=O) groups excluding carboxylic acids is 2. The highest BCUT2D eigenvalue weighted by molar-refractivity contribution is 7.83. The molecule has 43 heavy (non-hydrogen) atoms. The Balaban J connectivity index is 1.37. The monoisotopic (exact) mass is 605 g/mol. The fourth-order valence-corrected chi connectivity index (χ4v) is 6.52. The Morgan fingerprint density at radius 1 is 0.953 bits per heavy atom. The molecule has 2 amide bonds. The lowest BCUT2D eigenvalue weighted by atomic mass is 9.92. The minimum Gasteiger partial charge on any atom is -0.392 e. The summed E-state index contributed by atoms with van der Waals surface area (Å²) in [4.78, 5) is 28.7. The van der Waals surface area contributed by atoms with Crippen LogP contribution in [0.3, 0.4) is 0 Å². The minimum absolute atomic E-state index is 0.0154. The van der Waals surface area contributed by atoms with Crippen molar-refractivity contribution in [3.63, 3.8) is 0 Å². The van der Waals surface area contributed by atoms with Crippen molar-refractivity contribution >= 4 is 22.8 Å². The maximum atomic E-state index is 13.5. The Morgan fingerprint density at radius 3 is 2.28 bits per heavy atom. The summed E-state index contributed by atoms with van der Waals surface area (Å²) < 4.78 is 15.8. The molecule has 0 aliphatic heterocycles. The molecule has 0 saturated carbocycles. The first-order chi connectivity index (χ1) is 20.8. The van der Waals surface area contributed by atoms with Crippen molar-refractivity contribution in [2.75, 3.05) is 19.6 Å². The van der Waals surface area contributed by atoms with Gasteiger partial charge < -0.3 is 20.4 Å². The highest BCUT2D eigenvalue weighted by Gasteiger charge is 2.34. The average molecular weight is 606 g/mol. The summed E-state index contributed by atoms with van der Waals surface area (Å²) in [5, 5.41) is 24.6. The summed E-state index contributed by atoms with van der Waals surface area (Å²) in [6, 6.07) is 23.5. The van der Waals surface area contributed by atoms with Crippen molar-refractivity contribution in [3.8, 4) is 0 Å². The third kappa shape index (κ3) is 8.83. The molecule has 5 unspecified atom stereocenters. The van der Waals surface area contributed by atoms with Gasteiger partial charge in [0.2, 0.25) is 5.91 Å². The third-order valence-corrected chi connectivity index (χ3v) is 8.92. The summed E-state index contributed by atoms with van der Waals surface area (Å²) in [5.41, 5.74) is 3.44. The molecule has 0 radical (unpaired) electrons. The number of hydrogen-bond acceptors (Lipinski definition) is 5. The number of amides is 2. The van der Waals surface area contributed by atoms with Gasteiger partial charge in [0.1, 0.15) is 11.0 Å². The van der Waals surface area contributed by atoms with E-state index in [1.807, 2.05) is 73.3 Å². The van der Waals surface area contributed by atoms with Crippen LogP contribution in [0.2, 0.25) is 0 Å². The zero-order valence-corrected chi connectivity index (χ0v) is 25.8. The van der Waals surface area contributed by atoms with Crippen LogP contribution in [0.1, 0.15) is 66.2 Å². The molecule has 1 aliphatic rings. The van der Waals surface area contributed by atoms with Gasteiger partial charge in [0.05, 0.1) is 23.1 Å². The van der Waals surface area contributed by atoms with E-state index < -0.39 is 35.2 Å². The van der Waals surface area contributed by atoms with Crippen molar-refractivity contribution in [1.29, 1.82) is 0 Å². The van der Waals surface area contributed by atoms with E-state index in [-0.39, 0.29) is 24.8 Å². The van der Waals surface area contributed by atoms with Gasteiger partial charge in [0.15, 0.2) is 0 Å². The zero-order valence-electron chi connectivity index (χ0n) is 24.9. The number of nitrogens with one attached hydrogen (secondary N) is 2. The van der Waals surface area contributed by atoms with Crippen molar-refractivity contribution < 1.29 is 24.0 Å². The summed E-state index contributed by atoms with van der Waals surface area (Å²) in [5.74, 6) is -0.849. The molecule has 4 rings (SSSR count). The predicted molar refractivity (Wildman–Crippen MR) is 169 cm³/mol. The fourth-order valence-electron chi connectivity index (χ4n) is 5.63. The molecule has 1 aliphatic carbocycles. The summed E-state index contributed by atoms with van der Waals surface area (Å²) in [6.45, 7) is 5.48. The second-order valence-electron chi connectivity index (χ2n) is 11.2. The van der Waals surface area contributed by atoms with Gasteiger partial charge >= 0.3 is 0 Å².